The second kappa shape index (κ2) is 6.14. The van der Waals surface area contributed by atoms with Crippen LogP contribution in [0.25, 0.3) is 21.3 Å². The summed E-state index contributed by atoms with van der Waals surface area (Å²) in [5.41, 5.74) is 1.61. The van der Waals surface area contributed by atoms with Gasteiger partial charge in [-0.25, -0.2) is 4.98 Å². The van der Waals surface area contributed by atoms with Crippen LogP contribution in [0.3, 0.4) is 0 Å². The van der Waals surface area contributed by atoms with E-state index in [4.69, 9.17) is 11.6 Å². The molecule has 0 spiro atoms. The van der Waals surface area contributed by atoms with E-state index in [0.717, 1.165) is 17.0 Å². The van der Waals surface area contributed by atoms with Crippen LogP contribution < -0.4 is 5.56 Å². The number of hydrogen-bond acceptors (Lipinski definition) is 4. The van der Waals surface area contributed by atoms with E-state index in [2.05, 4.69) is 10.1 Å². The molecule has 0 saturated heterocycles. The molecule has 3 rings (SSSR count). The second-order valence-electron chi connectivity index (χ2n) is 5.27. The smallest absolute Gasteiger partial charge is 0.283 e. The van der Waals surface area contributed by atoms with Gasteiger partial charge in [0.2, 0.25) is 0 Å². The first-order valence-corrected chi connectivity index (χ1v) is 8.21. The molecule has 0 fully saturated rings. The average Bonchev–Trinajstić information content (AvgIpc) is 2.95. The van der Waals surface area contributed by atoms with Crippen molar-refractivity contribution in [2.75, 3.05) is 14.1 Å². The number of amidine groups is 1. The summed E-state index contributed by atoms with van der Waals surface area (Å²) in [6.07, 6.45) is 1.46. The van der Waals surface area contributed by atoms with Crippen molar-refractivity contribution in [2.45, 2.75) is 6.92 Å². The Labute approximate surface area is 142 Å². The first-order valence-electron chi connectivity index (χ1n) is 6.95. The minimum Gasteiger partial charge on any atom is -0.365 e. The van der Waals surface area contributed by atoms with Crippen molar-refractivity contribution in [3.63, 3.8) is 0 Å². The molecular weight excluding hydrogens is 332 g/mol. The van der Waals surface area contributed by atoms with E-state index in [0.29, 0.717) is 15.2 Å². The lowest BCUT2D eigenvalue weighted by Gasteiger charge is -2.11. The van der Waals surface area contributed by atoms with Crippen molar-refractivity contribution < 1.29 is 0 Å². The molecule has 0 aliphatic rings. The van der Waals surface area contributed by atoms with E-state index in [1.54, 1.807) is 0 Å². The molecule has 0 N–H and O–H groups in total. The predicted molar refractivity (Wildman–Crippen MR) is 96.5 cm³/mol. The monoisotopic (exact) mass is 346 g/mol. The predicted octanol–water partition coefficient (Wildman–Crippen LogP) is 3.52. The van der Waals surface area contributed by atoms with E-state index in [9.17, 15) is 4.79 Å². The minimum absolute atomic E-state index is 0.178. The average molecular weight is 347 g/mol. The molecule has 0 bridgehead atoms. The number of hydrogen-bond donors (Lipinski definition) is 0. The molecule has 0 atom stereocenters. The van der Waals surface area contributed by atoms with Crippen LogP contribution in [0.1, 0.15) is 6.92 Å². The van der Waals surface area contributed by atoms with E-state index in [-0.39, 0.29) is 5.56 Å². The van der Waals surface area contributed by atoms with Crippen LogP contribution in [-0.2, 0) is 0 Å². The van der Waals surface area contributed by atoms with Gasteiger partial charge >= 0.3 is 0 Å². The number of aromatic nitrogens is 2. The van der Waals surface area contributed by atoms with Crippen LogP contribution in [0.4, 0.5) is 0 Å². The van der Waals surface area contributed by atoms with Gasteiger partial charge in [0.05, 0.1) is 5.39 Å². The Morgan fingerprint density at radius 2 is 2.00 bits per heavy atom. The Morgan fingerprint density at radius 3 is 2.65 bits per heavy atom. The Hall–Kier alpha value is -2.18. The molecule has 0 aliphatic carbocycles. The van der Waals surface area contributed by atoms with E-state index in [1.807, 2.05) is 55.6 Å². The summed E-state index contributed by atoms with van der Waals surface area (Å²) in [5.74, 6) is 0.719. The molecule has 7 heteroatoms. The third kappa shape index (κ3) is 3.00. The Bertz CT molecular complexity index is 941. The first kappa shape index (κ1) is 15.7. The highest BCUT2D eigenvalue weighted by atomic mass is 35.5. The maximum atomic E-state index is 12.8. The number of benzene rings is 1. The molecule has 0 aliphatic heterocycles. The van der Waals surface area contributed by atoms with Gasteiger partial charge in [0, 0.05) is 30.1 Å². The zero-order valence-electron chi connectivity index (χ0n) is 12.9. The van der Waals surface area contributed by atoms with Crippen molar-refractivity contribution >= 4 is 39.0 Å². The Balaban J connectivity index is 2.21. The van der Waals surface area contributed by atoms with Crippen LogP contribution in [-0.4, -0.2) is 34.5 Å². The topological polar surface area (TPSA) is 50.5 Å². The highest BCUT2D eigenvalue weighted by molar-refractivity contribution is 7.17. The van der Waals surface area contributed by atoms with Crippen molar-refractivity contribution in [2.24, 2.45) is 5.10 Å². The van der Waals surface area contributed by atoms with Crippen LogP contribution >= 0.6 is 22.9 Å². The number of thiophene rings is 1. The molecule has 2 heterocycles. The van der Waals surface area contributed by atoms with Gasteiger partial charge in [0.25, 0.3) is 5.56 Å². The van der Waals surface area contributed by atoms with Gasteiger partial charge in [-0.2, -0.15) is 9.78 Å². The summed E-state index contributed by atoms with van der Waals surface area (Å²) in [6, 6.07) is 7.41. The molecule has 3 aromatic rings. The van der Waals surface area contributed by atoms with Crippen molar-refractivity contribution in [3.05, 3.63) is 51.3 Å². The largest absolute Gasteiger partial charge is 0.365 e. The maximum absolute atomic E-state index is 12.8. The number of rotatable bonds is 2. The Kier molecular flexibility index (Phi) is 4.19. The van der Waals surface area contributed by atoms with Gasteiger partial charge in [-0.05, 0) is 24.6 Å². The van der Waals surface area contributed by atoms with Gasteiger partial charge in [0.1, 0.15) is 17.0 Å². The van der Waals surface area contributed by atoms with Crippen LogP contribution in [0.5, 0.6) is 0 Å². The molecule has 118 valence electrons. The number of fused-ring (bicyclic) bond motifs is 1. The maximum Gasteiger partial charge on any atom is 0.283 e. The fourth-order valence-corrected chi connectivity index (χ4v) is 3.11. The van der Waals surface area contributed by atoms with E-state index >= 15 is 0 Å². The molecule has 0 unspecified atom stereocenters. The fraction of sp³-hybridized carbons (Fsp3) is 0.188. The van der Waals surface area contributed by atoms with Gasteiger partial charge in [0.15, 0.2) is 0 Å². The van der Waals surface area contributed by atoms with Crippen molar-refractivity contribution in [1.29, 1.82) is 0 Å². The molecule has 2 aromatic heterocycles. The summed E-state index contributed by atoms with van der Waals surface area (Å²) in [6.45, 7) is 1.84. The standard InChI is InChI=1S/C16H15ClN4OS/c1-10(20(2)3)19-21-9-18-15-14(16(21)22)13(8-23-15)11-4-6-12(17)7-5-11/h4-9H,1-3H3/b19-10-. The number of nitrogens with zero attached hydrogens (tertiary/aromatic N) is 4. The van der Waals surface area contributed by atoms with Gasteiger partial charge in [-0.3, -0.25) is 4.79 Å². The third-order valence-electron chi connectivity index (χ3n) is 3.53. The molecule has 0 amide bonds. The lowest BCUT2D eigenvalue weighted by atomic mass is 10.1. The van der Waals surface area contributed by atoms with Crippen molar-refractivity contribution in [3.8, 4) is 11.1 Å². The quantitative estimate of drug-likeness (QED) is 0.527. The van der Waals surface area contributed by atoms with Gasteiger partial charge < -0.3 is 4.90 Å². The SMILES string of the molecule is C/C(=N/n1cnc2scc(-c3ccc(Cl)cc3)c2c1=O)N(C)C. The highest BCUT2D eigenvalue weighted by Crippen LogP contribution is 2.31. The van der Waals surface area contributed by atoms with Crippen molar-refractivity contribution in [1.82, 2.24) is 14.6 Å². The second-order valence-corrected chi connectivity index (χ2v) is 6.57. The van der Waals surface area contributed by atoms with E-state index < -0.39 is 0 Å². The summed E-state index contributed by atoms with van der Waals surface area (Å²) in [5, 5.41) is 7.48. The number of halogens is 1. The normalized spacial score (nSPS) is 11.9. The molecular formula is C16H15ClN4OS. The minimum atomic E-state index is -0.178. The molecule has 1 aromatic carbocycles. The lowest BCUT2D eigenvalue weighted by molar-refractivity contribution is 0.603. The molecule has 5 nitrogen and oxygen atoms in total. The fourth-order valence-electron chi connectivity index (χ4n) is 2.08. The molecule has 23 heavy (non-hydrogen) atoms. The summed E-state index contributed by atoms with van der Waals surface area (Å²) < 4.78 is 1.28. The van der Waals surface area contributed by atoms with Gasteiger partial charge in [-0.15, -0.1) is 11.3 Å². The lowest BCUT2D eigenvalue weighted by Crippen LogP contribution is -2.24. The third-order valence-corrected chi connectivity index (χ3v) is 4.67. The van der Waals surface area contributed by atoms with E-state index in [1.165, 1.54) is 22.3 Å². The summed E-state index contributed by atoms with van der Waals surface area (Å²) >= 11 is 7.38. The van der Waals surface area contributed by atoms with Gasteiger partial charge in [-0.1, -0.05) is 23.7 Å². The molecule has 0 saturated carbocycles. The first-order chi connectivity index (χ1) is 11.0. The zero-order chi connectivity index (χ0) is 16.6. The van der Waals surface area contributed by atoms with Crippen LogP contribution in [0, 0.1) is 0 Å². The Morgan fingerprint density at radius 1 is 1.30 bits per heavy atom. The summed E-state index contributed by atoms with van der Waals surface area (Å²) in [4.78, 5) is 19.7. The van der Waals surface area contributed by atoms with Crippen LogP contribution in [0.15, 0.2) is 45.9 Å². The van der Waals surface area contributed by atoms with Crippen LogP contribution in [0.2, 0.25) is 5.02 Å². The zero-order valence-corrected chi connectivity index (χ0v) is 14.5. The summed E-state index contributed by atoms with van der Waals surface area (Å²) in [7, 11) is 3.75. The highest BCUT2D eigenvalue weighted by Gasteiger charge is 2.13. The molecule has 0 radical (unpaired) electrons.